The molecule has 0 bridgehead atoms. The maximum atomic E-state index is 12.9. The molecule has 3 aliphatic rings. The summed E-state index contributed by atoms with van der Waals surface area (Å²) >= 11 is 0. The summed E-state index contributed by atoms with van der Waals surface area (Å²) in [5.41, 5.74) is 2.29. The average Bonchev–Trinajstić information content (AvgIpc) is 3.56. The molecule has 1 aromatic rings. The van der Waals surface area contributed by atoms with Crippen LogP contribution in [-0.2, 0) is 9.59 Å². The van der Waals surface area contributed by atoms with E-state index in [-0.39, 0.29) is 17.7 Å². The molecule has 2 aliphatic carbocycles. The van der Waals surface area contributed by atoms with Gasteiger partial charge < -0.3 is 20.7 Å². The number of carbonyl (C=O) groups excluding carboxylic acids is 2. The Labute approximate surface area is 178 Å². The summed E-state index contributed by atoms with van der Waals surface area (Å²) in [5.74, 6) is 0.567. The maximum absolute atomic E-state index is 12.9. The van der Waals surface area contributed by atoms with Gasteiger partial charge in [-0.2, -0.15) is 0 Å². The van der Waals surface area contributed by atoms with E-state index < -0.39 is 6.04 Å². The van der Waals surface area contributed by atoms with Gasteiger partial charge in [-0.1, -0.05) is 43.5 Å². The van der Waals surface area contributed by atoms with Crippen LogP contribution < -0.4 is 20.7 Å². The quantitative estimate of drug-likeness (QED) is 0.575. The Morgan fingerprint density at radius 3 is 2.67 bits per heavy atom. The van der Waals surface area contributed by atoms with E-state index in [1.54, 1.807) is 6.26 Å². The van der Waals surface area contributed by atoms with E-state index in [9.17, 15) is 9.59 Å². The molecule has 1 aliphatic heterocycles. The van der Waals surface area contributed by atoms with E-state index in [0.29, 0.717) is 23.9 Å². The van der Waals surface area contributed by atoms with Crippen molar-refractivity contribution in [3.05, 3.63) is 53.4 Å². The monoisotopic (exact) mass is 409 g/mol. The first-order valence-electron chi connectivity index (χ1n) is 11.1. The van der Waals surface area contributed by atoms with E-state index in [0.717, 1.165) is 36.9 Å². The molecule has 2 amide bonds. The lowest BCUT2D eigenvalue weighted by Crippen LogP contribution is -2.36. The highest BCUT2D eigenvalue weighted by Gasteiger charge is 2.37. The van der Waals surface area contributed by atoms with Gasteiger partial charge in [-0.15, -0.1) is 0 Å². The van der Waals surface area contributed by atoms with Crippen LogP contribution in [0.15, 0.2) is 47.9 Å². The van der Waals surface area contributed by atoms with Crippen molar-refractivity contribution in [2.24, 2.45) is 5.92 Å². The third-order valence-corrected chi connectivity index (χ3v) is 6.06. The highest BCUT2D eigenvalue weighted by molar-refractivity contribution is 5.99. The van der Waals surface area contributed by atoms with Crippen LogP contribution in [0.25, 0.3) is 0 Å². The molecule has 6 nitrogen and oxygen atoms in total. The van der Waals surface area contributed by atoms with Crippen molar-refractivity contribution in [3.63, 3.8) is 0 Å². The predicted octanol–water partition coefficient (Wildman–Crippen LogP) is 3.47. The minimum absolute atomic E-state index is 0.00468. The van der Waals surface area contributed by atoms with Crippen molar-refractivity contribution in [2.75, 3.05) is 6.54 Å². The Kier molecular flexibility index (Phi) is 6.41. The fourth-order valence-electron chi connectivity index (χ4n) is 4.30. The van der Waals surface area contributed by atoms with Crippen molar-refractivity contribution in [1.82, 2.24) is 16.0 Å². The topological polar surface area (TPSA) is 79.5 Å². The molecule has 0 saturated heterocycles. The molecule has 6 heteroatoms. The second-order valence-electron chi connectivity index (χ2n) is 8.40. The number of rotatable bonds is 8. The van der Waals surface area contributed by atoms with Crippen LogP contribution in [0.5, 0.6) is 5.75 Å². The smallest absolute Gasteiger partial charge is 0.251 e. The largest absolute Gasteiger partial charge is 0.465 e. The molecule has 30 heavy (non-hydrogen) atoms. The van der Waals surface area contributed by atoms with Gasteiger partial charge in [0.25, 0.3) is 5.91 Å². The highest BCUT2D eigenvalue weighted by Crippen LogP contribution is 2.36. The van der Waals surface area contributed by atoms with Gasteiger partial charge >= 0.3 is 0 Å². The van der Waals surface area contributed by atoms with Gasteiger partial charge in [-0.05, 0) is 38.7 Å². The molecular weight excluding hydrogens is 378 g/mol. The molecular formula is C24H31N3O3. The molecule has 4 rings (SSSR count). The number of nitrogens with one attached hydrogen (secondary N) is 3. The second-order valence-corrected chi connectivity index (χ2v) is 8.40. The number of hydrogen-bond acceptors (Lipinski definition) is 4. The van der Waals surface area contributed by atoms with Crippen molar-refractivity contribution in [1.29, 1.82) is 0 Å². The molecule has 1 unspecified atom stereocenters. The fraction of sp³-hybridized carbons (Fsp3) is 0.500. The minimum Gasteiger partial charge on any atom is -0.465 e. The van der Waals surface area contributed by atoms with Gasteiger partial charge in [-0.3, -0.25) is 9.59 Å². The standard InChI is InChI=1S/C24H31N3O3/c1-2-14-30-20-11-7-6-10-18(20)22(27-23(28)16-12-13-16)21-19(15-25-24(21)29)26-17-8-4-3-5-9-17/h2,6-7,10-11,14,16-17,22,26H,3-5,8-9,12-13,15H2,1H3,(H,25,29)(H,27,28)/b14-2-. The molecule has 0 aromatic heterocycles. The van der Waals surface area contributed by atoms with E-state index >= 15 is 0 Å². The molecule has 1 aromatic carbocycles. The maximum Gasteiger partial charge on any atom is 0.251 e. The summed E-state index contributed by atoms with van der Waals surface area (Å²) < 4.78 is 5.80. The zero-order valence-corrected chi connectivity index (χ0v) is 17.6. The van der Waals surface area contributed by atoms with Crippen molar-refractivity contribution < 1.29 is 14.3 Å². The van der Waals surface area contributed by atoms with Gasteiger partial charge in [0.2, 0.25) is 5.91 Å². The Hall–Kier alpha value is -2.76. The van der Waals surface area contributed by atoms with Crippen molar-refractivity contribution >= 4 is 11.8 Å². The molecule has 3 N–H and O–H groups in total. The molecule has 0 spiro atoms. The number of para-hydroxylation sites is 1. The van der Waals surface area contributed by atoms with Crippen molar-refractivity contribution in [3.8, 4) is 5.75 Å². The zero-order valence-electron chi connectivity index (χ0n) is 17.6. The third kappa shape index (κ3) is 4.69. The lowest BCUT2D eigenvalue weighted by atomic mass is 9.93. The Balaban J connectivity index is 1.69. The number of allylic oxidation sites excluding steroid dienone is 1. The van der Waals surface area contributed by atoms with Crippen LogP contribution in [0.1, 0.15) is 63.5 Å². The van der Waals surface area contributed by atoms with Crippen LogP contribution in [-0.4, -0.2) is 24.4 Å². The average molecular weight is 410 g/mol. The molecule has 2 fully saturated rings. The Morgan fingerprint density at radius 2 is 1.93 bits per heavy atom. The minimum atomic E-state index is -0.548. The zero-order chi connectivity index (χ0) is 20.9. The lowest BCUT2D eigenvalue weighted by molar-refractivity contribution is -0.123. The molecule has 0 radical (unpaired) electrons. The fourth-order valence-corrected chi connectivity index (χ4v) is 4.30. The summed E-state index contributed by atoms with van der Waals surface area (Å²) in [6, 6.07) is 7.43. The molecule has 2 saturated carbocycles. The number of hydrogen-bond donors (Lipinski definition) is 3. The summed E-state index contributed by atoms with van der Waals surface area (Å²) in [7, 11) is 0. The summed E-state index contributed by atoms with van der Waals surface area (Å²) in [4.78, 5) is 25.7. The van der Waals surface area contributed by atoms with Crippen LogP contribution in [0.4, 0.5) is 0 Å². The van der Waals surface area contributed by atoms with Crippen LogP contribution in [0.2, 0.25) is 0 Å². The first kappa shape index (κ1) is 20.5. The first-order valence-corrected chi connectivity index (χ1v) is 11.1. The number of amides is 2. The highest BCUT2D eigenvalue weighted by atomic mass is 16.5. The summed E-state index contributed by atoms with van der Waals surface area (Å²) in [6.45, 7) is 2.35. The Morgan fingerprint density at radius 1 is 1.17 bits per heavy atom. The second kappa shape index (κ2) is 9.37. The number of benzene rings is 1. The number of ether oxygens (including phenoxy) is 1. The van der Waals surface area contributed by atoms with Gasteiger partial charge in [0.15, 0.2) is 0 Å². The summed E-state index contributed by atoms with van der Waals surface area (Å²) in [5, 5.41) is 9.73. The van der Waals surface area contributed by atoms with Crippen LogP contribution in [0, 0.1) is 5.92 Å². The van der Waals surface area contributed by atoms with Gasteiger partial charge in [0.05, 0.1) is 24.4 Å². The van der Waals surface area contributed by atoms with Crippen LogP contribution in [0.3, 0.4) is 0 Å². The van der Waals surface area contributed by atoms with Gasteiger partial charge in [0.1, 0.15) is 5.75 Å². The van der Waals surface area contributed by atoms with Gasteiger partial charge in [0, 0.05) is 23.2 Å². The van der Waals surface area contributed by atoms with E-state index in [2.05, 4.69) is 16.0 Å². The normalized spacial score (nSPS) is 20.9. The molecule has 1 atom stereocenters. The molecule has 1 heterocycles. The molecule has 160 valence electrons. The van der Waals surface area contributed by atoms with Crippen LogP contribution >= 0.6 is 0 Å². The first-order chi connectivity index (χ1) is 14.7. The van der Waals surface area contributed by atoms with Crippen molar-refractivity contribution in [2.45, 2.75) is 64.0 Å². The predicted molar refractivity (Wildman–Crippen MR) is 116 cm³/mol. The SMILES string of the molecule is C/C=C\Oc1ccccc1C(NC(=O)C1CC1)C1=C(NC2CCCCC2)CNC1=O. The number of carbonyl (C=O) groups is 2. The van der Waals surface area contributed by atoms with Gasteiger partial charge in [-0.25, -0.2) is 0 Å². The van der Waals surface area contributed by atoms with E-state index in [1.807, 2.05) is 37.3 Å². The summed E-state index contributed by atoms with van der Waals surface area (Å²) in [6.07, 6.45) is 11.2. The third-order valence-electron chi connectivity index (χ3n) is 6.06. The lowest BCUT2D eigenvalue weighted by Gasteiger charge is -2.27. The Bertz CT molecular complexity index is 851. The van der Waals surface area contributed by atoms with E-state index in [1.165, 1.54) is 19.3 Å². The van der Waals surface area contributed by atoms with E-state index in [4.69, 9.17) is 4.74 Å².